The number of esters is 1. The van der Waals surface area contributed by atoms with Gasteiger partial charge in [0.25, 0.3) is 5.91 Å². The second-order valence-electron chi connectivity index (χ2n) is 5.69. The first-order valence-electron chi connectivity index (χ1n) is 7.81. The van der Waals surface area contributed by atoms with Crippen LogP contribution in [0.2, 0.25) is 5.02 Å². The number of hydrogen-bond acceptors (Lipinski definition) is 4. The first-order valence-corrected chi connectivity index (χ1v) is 8.19. The third-order valence-electron chi connectivity index (χ3n) is 3.47. The summed E-state index contributed by atoms with van der Waals surface area (Å²) >= 11 is 5.79. The van der Waals surface area contributed by atoms with Crippen molar-refractivity contribution in [2.24, 2.45) is 0 Å². The zero-order chi connectivity index (χ0) is 18.4. The number of aryl methyl sites for hydroxylation is 2. The number of carbonyl (C=O) groups is 2. The Morgan fingerprint density at radius 3 is 2.48 bits per heavy atom. The lowest BCUT2D eigenvalue weighted by atomic mass is 10.1. The van der Waals surface area contributed by atoms with E-state index in [-0.39, 0.29) is 6.61 Å². The molecule has 0 bridgehead atoms. The lowest BCUT2D eigenvalue weighted by Crippen LogP contribution is -2.29. The summed E-state index contributed by atoms with van der Waals surface area (Å²) in [5, 5.41) is 3.30. The second-order valence-corrected chi connectivity index (χ2v) is 6.12. The molecule has 0 radical (unpaired) electrons. The minimum Gasteiger partial charge on any atom is -0.479 e. The Labute approximate surface area is 151 Å². The van der Waals surface area contributed by atoms with Crippen LogP contribution < -0.4 is 10.1 Å². The Bertz CT molecular complexity index is 759. The number of carbonyl (C=O) groups excluding carboxylic acids is 2. The molecule has 0 aliphatic heterocycles. The molecule has 132 valence electrons. The Morgan fingerprint density at radius 1 is 1.12 bits per heavy atom. The van der Waals surface area contributed by atoms with Gasteiger partial charge in [-0.1, -0.05) is 23.7 Å². The highest BCUT2D eigenvalue weighted by molar-refractivity contribution is 6.30. The van der Waals surface area contributed by atoms with E-state index in [1.165, 1.54) is 0 Å². The van der Waals surface area contributed by atoms with Crippen molar-refractivity contribution in [2.45, 2.75) is 26.9 Å². The van der Waals surface area contributed by atoms with Crippen LogP contribution in [0.3, 0.4) is 0 Å². The van der Waals surface area contributed by atoms with E-state index < -0.39 is 18.0 Å². The summed E-state index contributed by atoms with van der Waals surface area (Å²) in [6, 6.07) is 12.4. The quantitative estimate of drug-likeness (QED) is 0.792. The Morgan fingerprint density at radius 2 is 1.80 bits per heavy atom. The van der Waals surface area contributed by atoms with Crippen LogP contribution in [0.4, 0.5) is 5.69 Å². The van der Waals surface area contributed by atoms with Crippen LogP contribution in [0.5, 0.6) is 5.75 Å². The average molecular weight is 362 g/mol. The van der Waals surface area contributed by atoms with Gasteiger partial charge in [-0.05, 0) is 62.2 Å². The van der Waals surface area contributed by atoms with Crippen molar-refractivity contribution in [3.8, 4) is 5.75 Å². The van der Waals surface area contributed by atoms with E-state index in [1.807, 2.05) is 32.0 Å². The van der Waals surface area contributed by atoms with Gasteiger partial charge in [-0.15, -0.1) is 0 Å². The molecule has 1 amide bonds. The SMILES string of the molecule is Cc1ccc(C)c(NC(=O)COC(=O)[C@H](C)Oc2ccc(Cl)cc2)c1. The molecule has 6 heteroatoms. The lowest BCUT2D eigenvalue weighted by molar-refractivity contribution is -0.153. The molecule has 0 aliphatic rings. The lowest BCUT2D eigenvalue weighted by Gasteiger charge is -2.14. The highest BCUT2D eigenvalue weighted by Crippen LogP contribution is 2.18. The highest BCUT2D eigenvalue weighted by atomic mass is 35.5. The number of rotatable bonds is 6. The van der Waals surface area contributed by atoms with E-state index >= 15 is 0 Å². The number of nitrogens with one attached hydrogen (secondary N) is 1. The molecule has 5 nitrogen and oxygen atoms in total. The van der Waals surface area contributed by atoms with Crippen molar-refractivity contribution in [2.75, 3.05) is 11.9 Å². The molecule has 2 aromatic carbocycles. The first-order chi connectivity index (χ1) is 11.8. The molecule has 0 aliphatic carbocycles. The van der Waals surface area contributed by atoms with Crippen molar-refractivity contribution in [1.82, 2.24) is 0 Å². The van der Waals surface area contributed by atoms with Crippen LogP contribution in [0.25, 0.3) is 0 Å². The molecule has 0 saturated heterocycles. The van der Waals surface area contributed by atoms with Gasteiger partial charge < -0.3 is 14.8 Å². The number of amides is 1. The van der Waals surface area contributed by atoms with E-state index in [1.54, 1.807) is 31.2 Å². The van der Waals surface area contributed by atoms with Crippen molar-refractivity contribution >= 4 is 29.2 Å². The van der Waals surface area contributed by atoms with E-state index in [0.29, 0.717) is 16.5 Å². The molecule has 2 rings (SSSR count). The number of anilines is 1. The molecule has 0 heterocycles. The van der Waals surface area contributed by atoms with Crippen LogP contribution in [-0.4, -0.2) is 24.6 Å². The van der Waals surface area contributed by atoms with Gasteiger partial charge in [0, 0.05) is 10.7 Å². The zero-order valence-corrected chi connectivity index (χ0v) is 15.1. The number of ether oxygens (including phenoxy) is 2. The van der Waals surface area contributed by atoms with Crippen molar-refractivity contribution < 1.29 is 19.1 Å². The van der Waals surface area contributed by atoms with Crippen LogP contribution in [0.15, 0.2) is 42.5 Å². The predicted octanol–water partition coefficient (Wildman–Crippen LogP) is 3.91. The maximum Gasteiger partial charge on any atom is 0.347 e. The maximum absolute atomic E-state index is 12.0. The summed E-state index contributed by atoms with van der Waals surface area (Å²) < 4.78 is 10.5. The predicted molar refractivity (Wildman–Crippen MR) is 97.0 cm³/mol. The Kier molecular flexibility index (Phi) is 6.42. The monoisotopic (exact) mass is 361 g/mol. The molecule has 2 aromatic rings. The van der Waals surface area contributed by atoms with Gasteiger partial charge in [-0.2, -0.15) is 0 Å². The summed E-state index contributed by atoms with van der Waals surface area (Å²) in [7, 11) is 0. The second kappa shape index (κ2) is 8.53. The zero-order valence-electron chi connectivity index (χ0n) is 14.3. The topological polar surface area (TPSA) is 64.6 Å². The largest absolute Gasteiger partial charge is 0.479 e. The molecule has 0 unspecified atom stereocenters. The van der Waals surface area contributed by atoms with Gasteiger partial charge in [0.2, 0.25) is 0 Å². The summed E-state index contributed by atoms with van der Waals surface area (Å²) in [5.74, 6) is -0.527. The fraction of sp³-hybridized carbons (Fsp3) is 0.263. The van der Waals surface area contributed by atoms with Gasteiger partial charge in [0.05, 0.1) is 0 Å². The molecule has 0 aromatic heterocycles. The van der Waals surface area contributed by atoms with E-state index in [0.717, 1.165) is 11.1 Å². The maximum atomic E-state index is 12.0. The third kappa shape index (κ3) is 5.80. The number of halogens is 1. The van der Waals surface area contributed by atoms with Crippen LogP contribution in [0, 0.1) is 13.8 Å². The van der Waals surface area contributed by atoms with Crippen LogP contribution in [-0.2, 0) is 14.3 Å². The Hall–Kier alpha value is -2.53. The van der Waals surface area contributed by atoms with Gasteiger partial charge in [0.1, 0.15) is 5.75 Å². The van der Waals surface area contributed by atoms with Gasteiger partial charge in [0.15, 0.2) is 12.7 Å². The smallest absolute Gasteiger partial charge is 0.347 e. The molecule has 0 spiro atoms. The molecule has 1 atom stereocenters. The van der Waals surface area contributed by atoms with Crippen molar-refractivity contribution in [3.05, 3.63) is 58.6 Å². The minimum absolute atomic E-state index is 0.374. The van der Waals surface area contributed by atoms with Gasteiger partial charge >= 0.3 is 5.97 Å². The minimum atomic E-state index is -0.838. The van der Waals surface area contributed by atoms with Crippen LogP contribution >= 0.6 is 11.6 Å². The number of hydrogen-bond donors (Lipinski definition) is 1. The number of benzene rings is 2. The summed E-state index contributed by atoms with van der Waals surface area (Å²) in [5.41, 5.74) is 2.67. The van der Waals surface area contributed by atoms with E-state index in [9.17, 15) is 9.59 Å². The molecule has 1 N–H and O–H groups in total. The highest BCUT2D eigenvalue weighted by Gasteiger charge is 2.18. The van der Waals surface area contributed by atoms with E-state index in [2.05, 4.69) is 5.32 Å². The molecule has 0 saturated carbocycles. The Balaban J connectivity index is 1.83. The first kappa shape index (κ1) is 18.8. The average Bonchev–Trinajstić information content (AvgIpc) is 2.58. The summed E-state index contributed by atoms with van der Waals surface area (Å²) in [4.78, 5) is 23.9. The fourth-order valence-electron chi connectivity index (χ4n) is 2.08. The van der Waals surface area contributed by atoms with Gasteiger partial charge in [-0.25, -0.2) is 4.79 Å². The molecular weight excluding hydrogens is 342 g/mol. The summed E-state index contributed by atoms with van der Waals surface area (Å²) in [6.07, 6.45) is -0.838. The van der Waals surface area contributed by atoms with E-state index in [4.69, 9.17) is 21.1 Å². The van der Waals surface area contributed by atoms with Crippen molar-refractivity contribution in [1.29, 1.82) is 0 Å². The fourth-order valence-corrected chi connectivity index (χ4v) is 2.20. The molecular formula is C19H20ClNO4. The standard InChI is InChI=1S/C19H20ClNO4/c1-12-4-5-13(2)17(10-12)21-18(22)11-24-19(23)14(3)25-16-8-6-15(20)7-9-16/h4-10,14H,11H2,1-3H3,(H,21,22)/t14-/m0/s1. The van der Waals surface area contributed by atoms with Crippen LogP contribution in [0.1, 0.15) is 18.1 Å². The molecule has 0 fully saturated rings. The van der Waals surface area contributed by atoms with Gasteiger partial charge in [-0.3, -0.25) is 4.79 Å². The van der Waals surface area contributed by atoms with Crippen molar-refractivity contribution in [3.63, 3.8) is 0 Å². The molecule has 25 heavy (non-hydrogen) atoms. The third-order valence-corrected chi connectivity index (χ3v) is 3.72. The summed E-state index contributed by atoms with van der Waals surface area (Å²) in [6.45, 7) is 5.01. The normalized spacial score (nSPS) is 11.5.